The number of methoxy groups -OCH3 is 2. The molecule has 10 heteroatoms. The standard InChI is InChI=1S/C38H43N3O6S/c1-28-14-10-11-17-30(28)26-40(34(24-29-15-6-4-7-16-29)38(43)39-31-18-12-13-19-31)37(42)27-41(32-20-8-5-9-21-32)48(44,45)33-22-23-35(46-2)36(25-33)47-3/h4-11,14-17,20-23,25,31,34H,12-13,18-19,24,26-27H2,1-3H3,(H,39,43)/t34-/m1/s1. The highest BCUT2D eigenvalue weighted by atomic mass is 32.2. The summed E-state index contributed by atoms with van der Waals surface area (Å²) in [6, 6.07) is 29.3. The Morgan fingerprint density at radius 3 is 2.10 bits per heavy atom. The minimum absolute atomic E-state index is 0.0393. The molecule has 9 nitrogen and oxygen atoms in total. The highest BCUT2D eigenvalue weighted by Crippen LogP contribution is 2.32. The van der Waals surface area contributed by atoms with E-state index in [0.717, 1.165) is 46.7 Å². The third-order valence-corrected chi connectivity index (χ3v) is 10.6. The molecular formula is C38H43N3O6S. The van der Waals surface area contributed by atoms with Gasteiger partial charge in [0.05, 0.1) is 24.8 Å². The first-order valence-corrected chi connectivity index (χ1v) is 17.6. The smallest absolute Gasteiger partial charge is 0.264 e. The lowest BCUT2D eigenvalue weighted by Gasteiger charge is -2.34. The fourth-order valence-corrected chi connectivity index (χ4v) is 7.55. The molecular weight excluding hydrogens is 627 g/mol. The van der Waals surface area contributed by atoms with Crippen molar-refractivity contribution in [3.05, 3.63) is 120 Å². The third kappa shape index (κ3) is 8.17. The zero-order chi connectivity index (χ0) is 34.1. The summed E-state index contributed by atoms with van der Waals surface area (Å²) in [5.74, 6) is -0.138. The van der Waals surface area contributed by atoms with Crippen LogP contribution in [0.1, 0.15) is 42.4 Å². The monoisotopic (exact) mass is 669 g/mol. The summed E-state index contributed by atoms with van der Waals surface area (Å²) in [5, 5.41) is 3.21. The van der Waals surface area contributed by atoms with Crippen LogP contribution in [0, 0.1) is 6.92 Å². The van der Waals surface area contributed by atoms with Gasteiger partial charge in [-0.05, 0) is 60.7 Å². The van der Waals surface area contributed by atoms with Gasteiger partial charge in [0, 0.05) is 25.1 Å². The maximum Gasteiger partial charge on any atom is 0.264 e. The fourth-order valence-electron chi connectivity index (χ4n) is 6.12. The molecule has 1 aliphatic carbocycles. The third-order valence-electron chi connectivity index (χ3n) is 8.84. The van der Waals surface area contributed by atoms with Crippen LogP contribution in [0.4, 0.5) is 5.69 Å². The van der Waals surface area contributed by atoms with E-state index in [4.69, 9.17) is 9.47 Å². The minimum atomic E-state index is -4.30. The number of rotatable bonds is 14. The molecule has 1 N–H and O–H groups in total. The number of carbonyl (C=O) groups excluding carboxylic acids is 2. The molecule has 4 aromatic rings. The predicted octanol–water partition coefficient (Wildman–Crippen LogP) is 5.91. The van der Waals surface area contributed by atoms with Crippen molar-refractivity contribution in [3.63, 3.8) is 0 Å². The van der Waals surface area contributed by atoms with Crippen molar-refractivity contribution in [2.75, 3.05) is 25.1 Å². The number of nitrogens with one attached hydrogen (secondary N) is 1. The average molecular weight is 670 g/mol. The molecule has 0 heterocycles. The van der Waals surface area contributed by atoms with Crippen molar-refractivity contribution < 1.29 is 27.5 Å². The number of para-hydroxylation sites is 1. The van der Waals surface area contributed by atoms with Crippen LogP contribution in [0.2, 0.25) is 0 Å². The topological polar surface area (TPSA) is 105 Å². The van der Waals surface area contributed by atoms with Gasteiger partial charge in [-0.15, -0.1) is 0 Å². The molecule has 1 saturated carbocycles. The number of benzene rings is 4. The Hall–Kier alpha value is -4.83. The summed E-state index contributed by atoms with van der Waals surface area (Å²) in [5.41, 5.74) is 3.03. The van der Waals surface area contributed by atoms with Crippen LogP contribution in [-0.2, 0) is 32.6 Å². The van der Waals surface area contributed by atoms with E-state index in [-0.39, 0.29) is 35.6 Å². The predicted molar refractivity (Wildman–Crippen MR) is 187 cm³/mol. The van der Waals surface area contributed by atoms with E-state index < -0.39 is 28.5 Å². The molecule has 0 bridgehead atoms. The van der Waals surface area contributed by atoms with Crippen molar-refractivity contribution in [3.8, 4) is 11.5 Å². The van der Waals surface area contributed by atoms with Crippen molar-refractivity contribution in [1.82, 2.24) is 10.2 Å². The Morgan fingerprint density at radius 1 is 0.833 bits per heavy atom. The summed E-state index contributed by atoms with van der Waals surface area (Å²) >= 11 is 0. The molecule has 0 saturated heterocycles. The molecule has 0 aromatic heterocycles. The van der Waals surface area contributed by atoms with E-state index in [9.17, 15) is 18.0 Å². The Kier molecular flexibility index (Phi) is 11.4. The number of amides is 2. The maximum absolute atomic E-state index is 14.7. The van der Waals surface area contributed by atoms with E-state index >= 15 is 0 Å². The minimum Gasteiger partial charge on any atom is -0.493 e. The normalized spacial score (nSPS) is 13.8. The summed E-state index contributed by atoms with van der Waals surface area (Å²) in [7, 11) is -1.39. The van der Waals surface area contributed by atoms with Gasteiger partial charge in [0.1, 0.15) is 12.6 Å². The first-order chi connectivity index (χ1) is 23.2. The van der Waals surface area contributed by atoms with E-state index in [0.29, 0.717) is 11.4 Å². The number of aryl methyl sites for hydroxylation is 1. The van der Waals surface area contributed by atoms with E-state index in [1.807, 2.05) is 61.5 Å². The van der Waals surface area contributed by atoms with Crippen LogP contribution in [-0.4, -0.2) is 58.0 Å². The first kappa shape index (κ1) is 34.5. The Labute approximate surface area is 283 Å². The number of hydrogen-bond acceptors (Lipinski definition) is 6. The zero-order valence-electron chi connectivity index (χ0n) is 27.7. The van der Waals surface area contributed by atoms with Gasteiger partial charge in [0.2, 0.25) is 11.8 Å². The lowest BCUT2D eigenvalue weighted by Crippen LogP contribution is -2.54. The van der Waals surface area contributed by atoms with Gasteiger partial charge >= 0.3 is 0 Å². The van der Waals surface area contributed by atoms with Crippen LogP contribution in [0.3, 0.4) is 0 Å². The number of carbonyl (C=O) groups is 2. The molecule has 0 spiro atoms. The second-order valence-electron chi connectivity index (χ2n) is 12.0. The van der Waals surface area contributed by atoms with Gasteiger partial charge in [0.25, 0.3) is 10.0 Å². The molecule has 1 atom stereocenters. The van der Waals surface area contributed by atoms with Crippen LogP contribution in [0.5, 0.6) is 11.5 Å². The van der Waals surface area contributed by atoms with Crippen molar-refractivity contribution in [1.29, 1.82) is 0 Å². The maximum atomic E-state index is 14.7. The van der Waals surface area contributed by atoms with Crippen molar-refractivity contribution >= 4 is 27.5 Å². The van der Waals surface area contributed by atoms with Crippen LogP contribution in [0.15, 0.2) is 108 Å². The van der Waals surface area contributed by atoms with Gasteiger partial charge in [-0.3, -0.25) is 13.9 Å². The Bertz CT molecular complexity index is 1790. The number of ether oxygens (including phenoxy) is 2. The number of hydrogen-bond donors (Lipinski definition) is 1. The SMILES string of the molecule is COc1ccc(S(=O)(=O)N(CC(=O)N(Cc2ccccc2C)[C@H](Cc2ccccc2)C(=O)NC2CCCC2)c2ccccc2)cc1OC. The lowest BCUT2D eigenvalue weighted by atomic mass is 10.0. The molecule has 0 unspecified atom stereocenters. The number of sulfonamides is 1. The van der Waals surface area contributed by atoms with Gasteiger partial charge < -0.3 is 19.7 Å². The summed E-state index contributed by atoms with van der Waals surface area (Å²) in [4.78, 5) is 30.4. The molecule has 252 valence electrons. The molecule has 0 radical (unpaired) electrons. The van der Waals surface area contributed by atoms with Crippen molar-refractivity contribution in [2.45, 2.75) is 62.6 Å². The van der Waals surface area contributed by atoms with Crippen LogP contribution in [0.25, 0.3) is 0 Å². The second kappa shape index (κ2) is 15.8. The highest BCUT2D eigenvalue weighted by Gasteiger charge is 2.36. The van der Waals surface area contributed by atoms with Crippen LogP contribution < -0.4 is 19.1 Å². The number of anilines is 1. The fraction of sp³-hybridized carbons (Fsp3) is 0.316. The van der Waals surface area contributed by atoms with Crippen molar-refractivity contribution in [2.24, 2.45) is 0 Å². The Morgan fingerprint density at radius 2 is 1.46 bits per heavy atom. The summed E-state index contributed by atoms with van der Waals surface area (Å²) in [6.45, 7) is 1.55. The van der Waals surface area contributed by atoms with E-state index in [2.05, 4.69) is 5.32 Å². The Balaban J connectivity index is 1.57. The first-order valence-electron chi connectivity index (χ1n) is 16.2. The lowest BCUT2D eigenvalue weighted by molar-refractivity contribution is -0.140. The molecule has 2 amide bonds. The van der Waals surface area contributed by atoms with E-state index in [1.165, 1.54) is 32.4 Å². The van der Waals surface area contributed by atoms with E-state index in [1.54, 1.807) is 35.2 Å². The van der Waals surface area contributed by atoms with Crippen LogP contribution >= 0.6 is 0 Å². The molecule has 1 aliphatic rings. The van der Waals surface area contributed by atoms with Gasteiger partial charge in [-0.25, -0.2) is 8.42 Å². The van der Waals surface area contributed by atoms with Gasteiger partial charge in [-0.1, -0.05) is 85.6 Å². The quantitative estimate of drug-likeness (QED) is 0.179. The molecule has 0 aliphatic heterocycles. The average Bonchev–Trinajstić information content (AvgIpc) is 3.62. The van der Waals surface area contributed by atoms with Gasteiger partial charge in [-0.2, -0.15) is 0 Å². The van der Waals surface area contributed by atoms with Gasteiger partial charge in [0.15, 0.2) is 11.5 Å². The summed E-state index contributed by atoms with van der Waals surface area (Å²) < 4.78 is 40.6. The largest absolute Gasteiger partial charge is 0.493 e. The zero-order valence-corrected chi connectivity index (χ0v) is 28.5. The molecule has 4 aromatic carbocycles. The molecule has 5 rings (SSSR count). The number of nitrogens with zero attached hydrogens (tertiary/aromatic N) is 2. The summed E-state index contributed by atoms with van der Waals surface area (Å²) in [6.07, 6.45) is 4.13. The second-order valence-corrected chi connectivity index (χ2v) is 13.9. The highest BCUT2D eigenvalue weighted by molar-refractivity contribution is 7.92. The molecule has 48 heavy (non-hydrogen) atoms. The molecule has 1 fully saturated rings.